The van der Waals surface area contributed by atoms with Crippen LogP contribution >= 0.6 is 11.8 Å². The maximum atomic E-state index is 13.8. The summed E-state index contributed by atoms with van der Waals surface area (Å²) in [7, 11) is 1.53. The highest BCUT2D eigenvalue weighted by atomic mass is 32.2. The van der Waals surface area contributed by atoms with Gasteiger partial charge in [0.05, 0.1) is 18.9 Å². The summed E-state index contributed by atoms with van der Waals surface area (Å²) in [6.45, 7) is 2.75. The summed E-state index contributed by atoms with van der Waals surface area (Å²) in [5.41, 5.74) is 5.96. The first-order valence-corrected chi connectivity index (χ1v) is 6.41. The van der Waals surface area contributed by atoms with Crippen molar-refractivity contribution in [2.45, 2.75) is 29.6 Å². The van der Waals surface area contributed by atoms with Gasteiger partial charge in [-0.05, 0) is 19.4 Å². The molecule has 0 aromatic heterocycles. The minimum Gasteiger partial charge on any atom is -0.495 e. The summed E-state index contributed by atoms with van der Waals surface area (Å²) in [5, 5.41) is 0.290. The zero-order valence-corrected chi connectivity index (χ0v) is 10.7. The zero-order valence-electron chi connectivity index (χ0n) is 9.90. The molecule has 0 radical (unpaired) electrons. The molecule has 1 fully saturated rings. The van der Waals surface area contributed by atoms with Crippen LogP contribution in [-0.4, -0.2) is 25.1 Å². The molecule has 1 heterocycles. The van der Waals surface area contributed by atoms with Gasteiger partial charge in [0.15, 0.2) is 0 Å². The zero-order chi connectivity index (χ0) is 12.4. The van der Waals surface area contributed by atoms with Crippen LogP contribution in [-0.2, 0) is 4.74 Å². The second-order valence-corrected chi connectivity index (χ2v) is 5.33. The van der Waals surface area contributed by atoms with E-state index in [-0.39, 0.29) is 17.2 Å². The van der Waals surface area contributed by atoms with Gasteiger partial charge in [-0.25, -0.2) is 4.39 Å². The fourth-order valence-electron chi connectivity index (χ4n) is 1.85. The van der Waals surface area contributed by atoms with E-state index >= 15 is 0 Å². The van der Waals surface area contributed by atoms with E-state index in [1.807, 2.05) is 6.92 Å². The molecule has 1 aromatic rings. The van der Waals surface area contributed by atoms with E-state index < -0.39 is 0 Å². The molecular weight excluding hydrogens is 241 g/mol. The fraction of sp³-hybridized carbons (Fsp3) is 0.500. The van der Waals surface area contributed by atoms with Crippen molar-refractivity contribution in [1.82, 2.24) is 0 Å². The first-order chi connectivity index (χ1) is 8.11. The molecule has 94 valence electrons. The molecule has 2 N–H and O–H groups in total. The van der Waals surface area contributed by atoms with E-state index in [1.165, 1.54) is 24.9 Å². The highest BCUT2D eigenvalue weighted by Crippen LogP contribution is 2.37. The highest BCUT2D eigenvalue weighted by molar-refractivity contribution is 8.00. The molecule has 1 aromatic carbocycles. The van der Waals surface area contributed by atoms with Crippen molar-refractivity contribution in [2.24, 2.45) is 0 Å². The van der Waals surface area contributed by atoms with Crippen molar-refractivity contribution >= 4 is 17.4 Å². The van der Waals surface area contributed by atoms with Gasteiger partial charge in [-0.3, -0.25) is 0 Å². The molecule has 0 aliphatic carbocycles. The summed E-state index contributed by atoms with van der Waals surface area (Å²) in [6.07, 6.45) is 1.10. The third-order valence-corrected chi connectivity index (χ3v) is 4.36. The Bertz CT molecular complexity index is 414. The number of benzene rings is 1. The van der Waals surface area contributed by atoms with Crippen LogP contribution in [0.1, 0.15) is 13.3 Å². The fourth-order valence-corrected chi connectivity index (χ4v) is 3.00. The molecule has 17 heavy (non-hydrogen) atoms. The smallest absolute Gasteiger partial charge is 0.143 e. The molecule has 1 aliphatic heterocycles. The quantitative estimate of drug-likeness (QED) is 0.846. The van der Waals surface area contributed by atoms with Gasteiger partial charge in [0, 0.05) is 22.8 Å². The van der Waals surface area contributed by atoms with E-state index in [9.17, 15) is 4.39 Å². The lowest BCUT2D eigenvalue weighted by Gasteiger charge is -2.15. The Labute approximate surface area is 104 Å². The van der Waals surface area contributed by atoms with Crippen LogP contribution in [0.5, 0.6) is 5.75 Å². The second kappa shape index (κ2) is 5.14. The number of ether oxygens (including phenoxy) is 2. The lowest BCUT2D eigenvalue weighted by Crippen LogP contribution is -2.13. The number of hydrogen-bond acceptors (Lipinski definition) is 4. The number of anilines is 1. The maximum absolute atomic E-state index is 13.8. The van der Waals surface area contributed by atoms with E-state index in [2.05, 4.69) is 0 Å². The number of nitrogen functional groups attached to an aromatic ring is 1. The van der Waals surface area contributed by atoms with Crippen LogP contribution in [0.2, 0.25) is 0 Å². The van der Waals surface area contributed by atoms with Crippen LogP contribution < -0.4 is 10.5 Å². The van der Waals surface area contributed by atoms with Crippen LogP contribution in [0.25, 0.3) is 0 Å². The van der Waals surface area contributed by atoms with Crippen LogP contribution in [0.3, 0.4) is 0 Å². The lowest BCUT2D eigenvalue weighted by molar-refractivity contribution is 0.127. The normalized spacial score (nSPS) is 23.9. The molecule has 0 saturated carbocycles. The van der Waals surface area contributed by atoms with Gasteiger partial charge in [-0.2, -0.15) is 0 Å². The van der Waals surface area contributed by atoms with E-state index in [0.29, 0.717) is 16.3 Å². The van der Waals surface area contributed by atoms with Crippen LogP contribution in [0.15, 0.2) is 17.0 Å². The number of halogens is 1. The molecule has 2 atom stereocenters. The first kappa shape index (κ1) is 12.5. The molecular formula is C12H16FNO2S. The summed E-state index contributed by atoms with van der Waals surface area (Å²) >= 11 is 1.49. The van der Waals surface area contributed by atoms with Crippen molar-refractivity contribution in [1.29, 1.82) is 0 Å². The first-order valence-electron chi connectivity index (χ1n) is 5.53. The summed E-state index contributed by atoms with van der Waals surface area (Å²) in [5.74, 6) is 0.216. The average molecular weight is 257 g/mol. The summed E-state index contributed by atoms with van der Waals surface area (Å²) < 4.78 is 24.3. The lowest BCUT2D eigenvalue weighted by atomic mass is 10.2. The molecule has 1 saturated heterocycles. The molecule has 2 rings (SSSR count). The van der Waals surface area contributed by atoms with Crippen LogP contribution in [0, 0.1) is 5.82 Å². The van der Waals surface area contributed by atoms with Gasteiger partial charge in [-0.15, -0.1) is 11.8 Å². The number of rotatable bonds is 3. The monoisotopic (exact) mass is 257 g/mol. The van der Waals surface area contributed by atoms with Gasteiger partial charge in [-0.1, -0.05) is 0 Å². The van der Waals surface area contributed by atoms with Gasteiger partial charge in [0.25, 0.3) is 0 Å². The number of thioether (sulfide) groups is 1. The summed E-state index contributed by atoms with van der Waals surface area (Å²) in [4.78, 5) is 0.568. The highest BCUT2D eigenvalue weighted by Gasteiger charge is 2.26. The molecule has 1 aliphatic rings. The van der Waals surface area contributed by atoms with Crippen molar-refractivity contribution in [2.75, 3.05) is 19.5 Å². The van der Waals surface area contributed by atoms with E-state index in [0.717, 1.165) is 13.0 Å². The van der Waals surface area contributed by atoms with Crippen molar-refractivity contribution in [3.8, 4) is 5.75 Å². The van der Waals surface area contributed by atoms with Gasteiger partial charge in [0.1, 0.15) is 11.6 Å². The molecule has 0 amide bonds. The third kappa shape index (κ3) is 2.66. The average Bonchev–Trinajstić information content (AvgIpc) is 2.68. The Morgan fingerprint density at radius 1 is 1.53 bits per heavy atom. The Hall–Kier alpha value is -0.940. The molecule has 0 spiro atoms. The Kier molecular flexibility index (Phi) is 3.79. The topological polar surface area (TPSA) is 44.5 Å². The number of hydrogen-bond donors (Lipinski definition) is 1. The van der Waals surface area contributed by atoms with Gasteiger partial charge >= 0.3 is 0 Å². The predicted octanol–water partition coefficient (Wildman–Crippen LogP) is 2.69. The van der Waals surface area contributed by atoms with E-state index in [4.69, 9.17) is 15.2 Å². The molecule has 5 heteroatoms. The number of nitrogens with two attached hydrogens (primary N) is 1. The second-order valence-electron chi connectivity index (χ2n) is 4.05. The van der Waals surface area contributed by atoms with Crippen LogP contribution in [0.4, 0.5) is 10.1 Å². The minimum absolute atomic E-state index is 0.156. The Morgan fingerprint density at radius 3 is 2.88 bits per heavy atom. The maximum Gasteiger partial charge on any atom is 0.143 e. The molecule has 0 bridgehead atoms. The van der Waals surface area contributed by atoms with Gasteiger partial charge in [0.2, 0.25) is 0 Å². The Morgan fingerprint density at radius 2 is 2.29 bits per heavy atom. The van der Waals surface area contributed by atoms with Crippen molar-refractivity contribution in [3.63, 3.8) is 0 Å². The van der Waals surface area contributed by atoms with E-state index in [1.54, 1.807) is 6.07 Å². The van der Waals surface area contributed by atoms with Gasteiger partial charge < -0.3 is 15.2 Å². The SMILES string of the molecule is COc1cc(SC2CCOC2C)c(F)cc1N. The molecule has 3 nitrogen and oxygen atoms in total. The van der Waals surface area contributed by atoms with Crippen molar-refractivity contribution in [3.05, 3.63) is 17.9 Å². The number of methoxy groups -OCH3 is 1. The standard InChI is InChI=1S/C12H16FNO2S/c1-7-11(3-4-16-7)17-12-6-10(15-2)9(14)5-8(12)13/h5-7,11H,3-4,14H2,1-2H3. The van der Waals surface area contributed by atoms with Crippen molar-refractivity contribution < 1.29 is 13.9 Å². The largest absolute Gasteiger partial charge is 0.495 e. The minimum atomic E-state index is -0.299. The third-order valence-electron chi connectivity index (χ3n) is 2.87. The summed E-state index contributed by atoms with van der Waals surface area (Å²) in [6, 6.07) is 2.96. The predicted molar refractivity (Wildman–Crippen MR) is 67.0 cm³/mol. The molecule has 2 unspecified atom stereocenters. The Balaban J connectivity index is 2.20.